The van der Waals surface area contributed by atoms with Crippen LogP contribution in [0.15, 0.2) is 72.1 Å². The summed E-state index contributed by atoms with van der Waals surface area (Å²) in [7, 11) is 0. The molecule has 0 atom stereocenters. The van der Waals surface area contributed by atoms with Gasteiger partial charge in [-0.25, -0.2) is 19.2 Å². The molecule has 0 radical (unpaired) electrons. The molecule has 0 saturated heterocycles. The van der Waals surface area contributed by atoms with E-state index >= 15 is 0 Å². The van der Waals surface area contributed by atoms with Crippen molar-refractivity contribution in [3.05, 3.63) is 95.0 Å². The van der Waals surface area contributed by atoms with Gasteiger partial charge in [-0.3, -0.25) is 19.4 Å². The molecule has 2 aromatic carbocycles. The van der Waals surface area contributed by atoms with E-state index in [1.165, 1.54) is 29.2 Å². The highest BCUT2D eigenvalue weighted by atomic mass is 16.7. The number of phenols is 1. The van der Waals surface area contributed by atoms with Crippen molar-refractivity contribution in [1.82, 2.24) is 24.8 Å². The third kappa shape index (κ3) is 6.96. The van der Waals surface area contributed by atoms with E-state index in [0.29, 0.717) is 58.9 Å². The summed E-state index contributed by atoms with van der Waals surface area (Å²) in [6.07, 6.45) is 6.67. The predicted octanol–water partition coefficient (Wildman–Crippen LogP) is 3.98. The lowest BCUT2D eigenvalue weighted by molar-refractivity contribution is -0.151. The molecular weight excluding hydrogens is 606 g/mol. The highest BCUT2D eigenvalue weighted by Gasteiger charge is 2.40. The van der Waals surface area contributed by atoms with E-state index in [9.17, 15) is 24.3 Å². The molecule has 2 aromatic heterocycles. The highest BCUT2D eigenvalue weighted by molar-refractivity contribution is 6.11. The normalized spacial score (nSPS) is 13.6. The van der Waals surface area contributed by atoms with Gasteiger partial charge >= 0.3 is 12.1 Å². The van der Waals surface area contributed by atoms with Crippen LogP contribution < -0.4 is 10.6 Å². The van der Waals surface area contributed by atoms with Crippen molar-refractivity contribution < 1.29 is 33.8 Å². The molecule has 3 heterocycles. The summed E-state index contributed by atoms with van der Waals surface area (Å²) in [4.78, 5) is 61.5. The van der Waals surface area contributed by atoms with E-state index in [1.54, 1.807) is 37.3 Å². The van der Waals surface area contributed by atoms with Crippen LogP contribution in [0.2, 0.25) is 0 Å². The van der Waals surface area contributed by atoms with Crippen LogP contribution in [0.5, 0.6) is 5.75 Å². The zero-order valence-electron chi connectivity index (χ0n) is 25.6. The number of aryl methyl sites for hydroxylation is 2. The Hall–Kier alpha value is -6.05. The Morgan fingerprint density at radius 1 is 1.06 bits per heavy atom. The number of anilines is 2. The number of aromatic nitrogens is 3. The van der Waals surface area contributed by atoms with Crippen molar-refractivity contribution in [2.24, 2.45) is 4.99 Å². The summed E-state index contributed by atoms with van der Waals surface area (Å²) >= 11 is 0. The Kier molecular flexibility index (Phi) is 8.65. The Balaban J connectivity index is 1.16. The van der Waals surface area contributed by atoms with E-state index < -0.39 is 24.8 Å². The molecule has 2 aliphatic rings. The minimum absolute atomic E-state index is 0.0711. The van der Waals surface area contributed by atoms with Crippen LogP contribution in [0.4, 0.5) is 16.3 Å². The van der Waals surface area contributed by atoms with Gasteiger partial charge in [0.15, 0.2) is 5.82 Å². The van der Waals surface area contributed by atoms with Crippen LogP contribution in [-0.4, -0.2) is 73.7 Å². The van der Waals surface area contributed by atoms with Crippen LogP contribution in [0.3, 0.4) is 0 Å². The van der Waals surface area contributed by atoms with E-state index in [2.05, 4.69) is 25.7 Å². The average Bonchev–Trinajstić information content (AvgIpc) is 3.62. The number of amides is 3. The number of carbonyl (C=O) groups excluding carboxylic acids is 4. The summed E-state index contributed by atoms with van der Waals surface area (Å²) in [5.74, 6) is -0.567. The number of phenolic OH excluding ortho intramolecular Hbond substituents is 1. The molecule has 14 heteroatoms. The molecule has 3 amide bonds. The van der Waals surface area contributed by atoms with Gasteiger partial charge in [0.25, 0.3) is 11.8 Å². The van der Waals surface area contributed by atoms with Gasteiger partial charge in [0.05, 0.1) is 18.5 Å². The van der Waals surface area contributed by atoms with Gasteiger partial charge < -0.3 is 25.2 Å². The number of ether oxygens (including phenoxy) is 2. The highest BCUT2D eigenvalue weighted by Crippen LogP contribution is 2.32. The first kappa shape index (κ1) is 31.0. The van der Waals surface area contributed by atoms with Gasteiger partial charge in [0, 0.05) is 23.5 Å². The minimum atomic E-state index is -0.932. The third-order valence-corrected chi connectivity index (χ3v) is 7.71. The second-order valence-electron chi connectivity index (χ2n) is 11.1. The number of carbonyl (C=O) groups is 4. The number of amidine groups is 1. The van der Waals surface area contributed by atoms with Gasteiger partial charge in [0.2, 0.25) is 6.79 Å². The Morgan fingerprint density at radius 2 is 1.85 bits per heavy atom. The van der Waals surface area contributed by atoms with Gasteiger partial charge in [-0.05, 0) is 73.7 Å². The molecule has 240 valence electrons. The zero-order valence-corrected chi connectivity index (χ0v) is 25.6. The number of benzene rings is 2. The quantitative estimate of drug-likeness (QED) is 0.180. The number of nitrogens with one attached hydrogen (secondary N) is 2. The second kappa shape index (κ2) is 13.1. The molecule has 4 aromatic rings. The number of esters is 1. The summed E-state index contributed by atoms with van der Waals surface area (Å²) in [6.45, 7) is 3.48. The standard InChI is InChI=1S/C33H31N7O7/c1-19-5-8-22(31(43)38-27-4-3-13-34-27)15-26(19)37-30-29-20(2)25(16-39(29)36-17-35-30)32(44)40(23-9-10-23)33(45)47-18-46-28(42)14-21-6-11-24(41)12-7-21/h3-8,11-12,15-17,23,41H,9-10,13-14,18H2,1-2H3,(H,34,38,43)(H,35,36,37). The smallest absolute Gasteiger partial charge is 0.419 e. The Morgan fingerprint density at radius 3 is 2.57 bits per heavy atom. The van der Waals surface area contributed by atoms with Crippen LogP contribution in [0, 0.1) is 13.8 Å². The van der Waals surface area contributed by atoms with Crippen LogP contribution in [0.25, 0.3) is 5.52 Å². The minimum Gasteiger partial charge on any atom is -0.508 e. The molecule has 1 fully saturated rings. The van der Waals surface area contributed by atoms with Crippen LogP contribution >= 0.6 is 0 Å². The number of nitrogens with zero attached hydrogens (tertiary/aromatic N) is 5. The first-order valence-electron chi connectivity index (χ1n) is 14.8. The summed E-state index contributed by atoms with van der Waals surface area (Å²) in [6, 6.07) is 10.9. The first-order chi connectivity index (χ1) is 22.7. The lowest BCUT2D eigenvalue weighted by Gasteiger charge is -2.19. The molecule has 1 saturated carbocycles. The molecule has 14 nitrogen and oxygen atoms in total. The van der Waals surface area contributed by atoms with E-state index in [0.717, 1.165) is 10.5 Å². The van der Waals surface area contributed by atoms with Crippen molar-refractivity contribution in [2.45, 2.75) is 39.2 Å². The molecule has 0 spiro atoms. The maximum absolute atomic E-state index is 13.8. The number of hydrogen-bond acceptors (Lipinski definition) is 11. The number of fused-ring (bicyclic) bond motifs is 1. The largest absolute Gasteiger partial charge is 0.508 e. The molecule has 0 unspecified atom stereocenters. The SMILES string of the molecule is Cc1ccc(C(=O)NC2=NCC=C2)cc1Nc1ncnn2cc(C(=O)N(C(=O)OCOC(=O)Cc3ccc(O)cc3)C3CC3)c(C)c12. The van der Waals surface area contributed by atoms with Crippen LogP contribution in [0.1, 0.15) is 50.2 Å². The summed E-state index contributed by atoms with van der Waals surface area (Å²) < 4.78 is 11.7. The maximum Gasteiger partial charge on any atom is 0.419 e. The van der Waals surface area contributed by atoms with Gasteiger partial charge in [-0.1, -0.05) is 24.3 Å². The fourth-order valence-electron chi connectivity index (χ4n) is 5.04. The molecule has 0 bridgehead atoms. The van der Waals surface area contributed by atoms with E-state index in [1.807, 2.05) is 19.1 Å². The number of aliphatic imine (C=N–C) groups is 1. The van der Waals surface area contributed by atoms with Crippen molar-refractivity contribution >= 4 is 46.7 Å². The fourth-order valence-corrected chi connectivity index (χ4v) is 5.04. The predicted molar refractivity (Wildman–Crippen MR) is 170 cm³/mol. The number of rotatable bonds is 9. The number of hydrogen-bond donors (Lipinski definition) is 3. The second-order valence-corrected chi connectivity index (χ2v) is 11.1. The molecular formula is C33H31N7O7. The van der Waals surface area contributed by atoms with Crippen molar-refractivity contribution in [2.75, 3.05) is 18.7 Å². The molecule has 1 aliphatic heterocycles. The van der Waals surface area contributed by atoms with Crippen molar-refractivity contribution in [3.8, 4) is 5.75 Å². The fraction of sp³-hybridized carbons (Fsp3) is 0.242. The monoisotopic (exact) mass is 637 g/mol. The summed E-state index contributed by atoms with van der Waals surface area (Å²) in [5.41, 5.74) is 3.75. The molecule has 6 rings (SSSR count). The van der Waals surface area contributed by atoms with E-state index in [4.69, 9.17) is 9.47 Å². The number of aromatic hydroxyl groups is 1. The van der Waals surface area contributed by atoms with Gasteiger partial charge in [-0.15, -0.1) is 0 Å². The summed E-state index contributed by atoms with van der Waals surface area (Å²) in [5, 5.41) is 19.7. The molecule has 47 heavy (non-hydrogen) atoms. The zero-order chi connectivity index (χ0) is 33.1. The van der Waals surface area contributed by atoms with Gasteiger partial charge in [0.1, 0.15) is 23.4 Å². The lowest BCUT2D eigenvalue weighted by Crippen LogP contribution is -2.39. The Bertz CT molecular complexity index is 1940. The van der Waals surface area contributed by atoms with Crippen molar-refractivity contribution in [1.29, 1.82) is 0 Å². The first-order valence-corrected chi connectivity index (χ1v) is 14.8. The van der Waals surface area contributed by atoms with Gasteiger partial charge in [-0.2, -0.15) is 5.10 Å². The van der Waals surface area contributed by atoms with E-state index in [-0.39, 0.29) is 29.7 Å². The average molecular weight is 638 g/mol. The lowest BCUT2D eigenvalue weighted by atomic mass is 10.1. The van der Waals surface area contributed by atoms with Crippen molar-refractivity contribution in [3.63, 3.8) is 0 Å². The molecule has 3 N–H and O–H groups in total. The number of imide groups is 1. The van der Waals surface area contributed by atoms with Crippen LogP contribution in [-0.2, 0) is 20.7 Å². The topological polar surface area (TPSA) is 177 Å². The third-order valence-electron chi connectivity index (χ3n) is 7.71. The maximum atomic E-state index is 13.8. The molecule has 1 aliphatic carbocycles. The Labute approximate surface area is 268 Å².